The zero-order valence-corrected chi connectivity index (χ0v) is 16.8. The summed E-state index contributed by atoms with van der Waals surface area (Å²) in [5, 5.41) is 2.92. The van der Waals surface area contributed by atoms with Gasteiger partial charge in [-0.2, -0.15) is 0 Å². The number of nitrogens with one attached hydrogen (secondary N) is 1. The van der Waals surface area contributed by atoms with Gasteiger partial charge in [-0.1, -0.05) is 37.6 Å². The van der Waals surface area contributed by atoms with Gasteiger partial charge in [0.2, 0.25) is 0 Å². The van der Waals surface area contributed by atoms with Gasteiger partial charge < -0.3 is 10.1 Å². The number of carbonyl (C=O) groups is 1. The van der Waals surface area contributed by atoms with E-state index in [0.29, 0.717) is 24.4 Å². The lowest BCUT2D eigenvalue weighted by molar-refractivity contribution is 0.0946. The summed E-state index contributed by atoms with van der Waals surface area (Å²) in [6.45, 7) is 3.28. The molecule has 2 aromatic heterocycles. The summed E-state index contributed by atoms with van der Waals surface area (Å²) in [4.78, 5) is 21.0. The zero-order chi connectivity index (χ0) is 20.3. The minimum atomic E-state index is -0.207. The van der Waals surface area contributed by atoms with Crippen molar-refractivity contribution in [1.82, 2.24) is 15.3 Å². The van der Waals surface area contributed by atoms with Crippen molar-refractivity contribution in [3.63, 3.8) is 0 Å². The molecule has 2 heterocycles. The van der Waals surface area contributed by atoms with Crippen LogP contribution in [0.2, 0.25) is 0 Å². The molecular weight excluding hydrogens is 362 g/mol. The number of ether oxygens (including phenoxy) is 1. The molecule has 5 nitrogen and oxygen atoms in total. The molecule has 1 N–H and O–H groups in total. The van der Waals surface area contributed by atoms with Crippen LogP contribution >= 0.6 is 0 Å². The number of unbranched alkanes of at least 4 members (excludes halogenated alkanes) is 2. The molecule has 5 heteroatoms. The number of allylic oxidation sites excluding steroid dienone is 2. The summed E-state index contributed by atoms with van der Waals surface area (Å²) in [7, 11) is 0. The number of carbonyl (C=O) groups excluding carboxylic acids is 1. The van der Waals surface area contributed by atoms with Crippen molar-refractivity contribution in [3.05, 3.63) is 78.1 Å². The van der Waals surface area contributed by atoms with Gasteiger partial charge in [-0.25, -0.2) is 4.98 Å². The topological polar surface area (TPSA) is 64.1 Å². The average Bonchev–Trinajstić information content (AvgIpc) is 2.77. The summed E-state index contributed by atoms with van der Waals surface area (Å²) in [5.74, 6) is 0.616. The maximum absolute atomic E-state index is 12.4. The van der Waals surface area contributed by atoms with Gasteiger partial charge in [0.15, 0.2) is 0 Å². The van der Waals surface area contributed by atoms with Crippen LogP contribution in [-0.4, -0.2) is 22.5 Å². The average molecular weight is 389 g/mol. The van der Waals surface area contributed by atoms with Gasteiger partial charge in [0.25, 0.3) is 5.91 Å². The Balaban J connectivity index is 1.48. The number of hydrogen-bond acceptors (Lipinski definition) is 4. The van der Waals surface area contributed by atoms with Gasteiger partial charge in [-0.3, -0.25) is 9.78 Å². The molecule has 29 heavy (non-hydrogen) atoms. The van der Waals surface area contributed by atoms with E-state index < -0.39 is 0 Å². The fraction of sp³-hybridized carbons (Fsp3) is 0.292. The van der Waals surface area contributed by atoms with E-state index in [1.807, 2.05) is 42.5 Å². The molecule has 0 radical (unpaired) electrons. The first-order chi connectivity index (χ1) is 14.3. The first-order valence-corrected chi connectivity index (χ1v) is 10.1. The second-order valence-electron chi connectivity index (χ2n) is 6.82. The minimum Gasteiger partial charge on any atom is -0.494 e. The molecule has 150 valence electrons. The third kappa shape index (κ3) is 6.42. The monoisotopic (exact) mass is 389 g/mol. The van der Waals surface area contributed by atoms with Crippen LogP contribution in [0.15, 0.2) is 66.9 Å². The van der Waals surface area contributed by atoms with Crippen LogP contribution in [0.25, 0.3) is 11.0 Å². The van der Waals surface area contributed by atoms with Gasteiger partial charge >= 0.3 is 0 Å². The number of rotatable bonds is 10. The number of benzene rings is 1. The fourth-order valence-corrected chi connectivity index (χ4v) is 2.90. The molecule has 0 spiro atoms. The molecule has 3 rings (SSSR count). The van der Waals surface area contributed by atoms with Crippen LogP contribution in [0.4, 0.5) is 0 Å². The van der Waals surface area contributed by atoms with E-state index in [2.05, 4.69) is 34.4 Å². The summed E-state index contributed by atoms with van der Waals surface area (Å²) in [6.07, 6.45) is 10.5. The van der Waals surface area contributed by atoms with Gasteiger partial charge in [-0.15, -0.1) is 0 Å². The quantitative estimate of drug-likeness (QED) is 0.388. The van der Waals surface area contributed by atoms with Crippen molar-refractivity contribution in [2.24, 2.45) is 0 Å². The van der Waals surface area contributed by atoms with E-state index in [0.717, 1.165) is 36.1 Å². The molecule has 0 bridgehead atoms. The largest absolute Gasteiger partial charge is 0.494 e. The third-order valence-corrected chi connectivity index (χ3v) is 4.45. The van der Waals surface area contributed by atoms with Gasteiger partial charge in [0.1, 0.15) is 11.4 Å². The highest BCUT2D eigenvalue weighted by Gasteiger charge is 2.08. The predicted molar refractivity (Wildman–Crippen MR) is 116 cm³/mol. The Kier molecular flexibility index (Phi) is 7.75. The Labute approximate surface area is 171 Å². The number of amides is 1. The summed E-state index contributed by atoms with van der Waals surface area (Å²) in [5.41, 5.74) is 2.85. The van der Waals surface area contributed by atoms with Crippen LogP contribution < -0.4 is 10.1 Å². The minimum absolute atomic E-state index is 0.207. The first kappa shape index (κ1) is 20.5. The fourth-order valence-electron chi connectivity index (χ4n) is 2.90. The lowest BCUT2D eigenvalue weighted by atomic mass is 10.2. The molecule has 0 fully saturated rings. The van der Waals surface area contributed by atoms with Crippen molar-refractivity contribution in [2.45, 2.75) is 39.2 Å². The van der Waals surface area contributed by atoms with E-state index in [1.165, 1.54) is 6.42 Å². The van der Waals surface area contributed by atoms with Crippen molar-refractivity contribution < 1.29 is 9.53 Å². The van der Waals surface area contributed by atoms with Crippen LogP contribution in [0.5, 0.6) is 5.75 Å². The maximum atomic E-state index is 12.4. The highest BCUT2D eigenvalue weighted by Crippen LogP contribution is 2.14. The van der Waals surface area contributed by atoms with E-state index in [1.54, 1.807) is 12.3 Å². The zero-order valence-electron chi connectivity index (χ0n) is 16.8. The van der Waals surface area contributed by atoms with Crippen molar-refractivity contribution in [1.29, 1.82) is 0 Å². The molecule has 0 aliphatic heterocycles. The molecule has 1 amide bonds. The Morgan fingerprint density at radius 1 is 1.07 bits per heavy atom. The van der Waals surface area contributed by atoms with Gasteiger partial charge in [0.05, 0.1) is 17.6 Å². The molecule has 0 aliphatic rings. The maximum Gasteiger partial charge on any atom is 0.270 e. The van der Waals surface area contributed by atoms with E-state index >= 15 is 0 Å². The highest BCUT2D eigenvalue weighted by atomic mass is 16.5. The van der Waals surface area contributed by atoms with Gasteiger partial charge in [-0.05, 0) is 61.2 Å². The van der Waals surface area contributed by atoms with Crippen LogP contribution in [0.1, 0.15) is 48.7 Å². The SMILES string of the molecule is CCCC=CCCCOc1cccc(CNC(=O)c2ccc3ncccc3n2)c1. The van der Waals surface area contributed by atoms with Crippen molar-refractivity contribution in [2.75, 3.05) is 6.61 Å². The molecular formula is C24H27N3O2. The summed E-state index contributed by atoms with van der Waals surface area (Å²) in [6, 6.07) is 15.0. The standard InChI is InChI=1S/C24H27N3O2/c1-2-3-4-5-6-7-16-29-20-11-8-10-19(17-20)18-26-24(28)23-14-13-21-22(27-23)12-9-15-25-21/h4-5,8-15,17H,2-3,6-7,16,18H2,1H3,(H,26,28). The second-order valence-corrected chi connectivity index (χ2v) is 6.82. The lowest BCUT2D eigenvalue weighted by Crippen LogP contribution is -2.23. The molecule has 1 aromatic carbocycles. The van der Waals surface area contributed by atoms with Crippen LogP contribution in [0, 0.1) is 0 Å². The summed E-state index contributed by atoms with van der Waals surface area (Å²) >= 11 is 0. The Bertz CT molecular complexity index is 969. The van der Waals surface area contributed by atoms with E-state index in [-0.39, 0.29) is 5.91 Å². The van der Waals surface area contributed by atoms with E-state index in [9.17, 15) is 4.79 Å². The third-order valence-electron chi connectivity index (χ3n) is 4.45. The predicted octanol–water partition coefficient (Wildman–Crippen LogP) is 5.08. The molecule has 0 aliphatic carbocycles. The molecule has 0 saturated heterocycles. The number of hydrogen-bond donors (Lipinski definition) is 1. The smallest absolute Gasteiger partial charge is 0.270 e. The number of fused-ring (bicyclic) bond motifs is 1. The first-order valence-electron chi connectivity index (χ1n) is 10.1. The number of aromatic nitrogens is 2. The second kappa shape index (κ2) is 11.0. The number of pyridine rings is 2. The van der Waals surface area contributed by atoms with Crippen molar-refractivity contribution in [3.8, 4) is 5.75 Å². The Morgan fingerprint density at radius 2 is 1.97 bits per heavy atom. The molecule has 3 aromatic rings. The van der Waals surface area contributed by atoms with Crippen molar-refractivity contribution >= 4 is 16.9 Å². The van der Waals surface area contributed by atoms with Gasteiger partial charge in [0, 0.05) is 12.7 Å². The molecule has 0 unspecified atom stereocenters. The Hall–Kier alpha value is -3.21. The van der Waals surface area contributed by atoms with E-state index in [4.69, 9.17) is 4.74 Å². The molecule has 0 saturated carbocycles. The normalized spacial score (nSPS) is 11.1. The molecule has 0 atom stereocenters. The van der Waals surface area contributed by atoms with Crippen LogP contribution in [0.3, 0.4) is 0 Å². The highest BCUT2D eigenvalue weighted by molar-refractivity contribution is 5.94. The lowest BCUT2D eigenvalue weighted by Gasteiger charge is -2.09. The Morgan fingerprint density at radius 3 is 2.86 bits per heavy atom. The van der Waals surface area contributed by atoms with Crippen LogP contribution in [-0.2, 0) is 6.54 Å². The number of nitrogens with zero attached hydrogens (tertiary/aromatic N) is 2. The summed E-state index contributed by atoms with van der Waals surface area (Å²) < 4.78 is 5.83.